The molecule has 1 aliphatic heterocycles. The van der Waals surface area contributed by atoms with E-state index in [9.17, 15) is 13.2 Å². The number of piperidine rings is 1. The number of hydrogen-bond acceptors (Lipinski definition) is 4. The first-order chi connectivity index (χ1) is 14.3. The van der Waals surface area contributed by atoms with E-state index in [2.05, 4.69) is 10.3 Å². The van der Waals surface area contributed by atoms with E-state index in [0.29, 0.717) is 23.0 Å². The van der Waals surface area contributed by atoms with Crippen molar-refractivity contribution in [3.63, 3.8) is 0 Å². The quantitative estimate of drug-likeness (QED) is 0.655. The molecule has 9 heteroatoms. The average Bonchev–Trinajstić information content (AvgIpc) is 3.02. The number of fused-ring (bicyclic) bond motifs is 1. The molecule has 1 unspecified atom stereocenters. The molecule has 1 N–H and O–H groups in total. The Labute approximate surface area is 180 Å². The zero-order chi connectivity index (χ0) is 21.5. The Morgan fingerprint density at radius 1 is 1.20 bits per heavy atom. The third-order valence-corrected chi connectivity index (χ3v) is 7.76. The van der Waals surface area contributed by atoms with Gasteiger partial charge in [-0.25, -0.2) is 13.4 Å². The molecule has 7 nitrogen and oxygen atoms in total. The van der Waals surface area contributed by atoms with Gasteiger partial charge in [0.1, 0.15) is 0 Å². The third-order valence-electron chi connectivity index (χ3n) is 5.51. The van der Waals surface area contributed by atoms with Crippen LogP contribution in [-0.2, 0) is 17.1 Å². The lowest BCUT2D eigenvalue weighted by Crippen LogP contribution is -2.41. The Bertz CT molecular complexity index is 1220. The van der Waals surface area contributed by atoms with Crippen molar-refractivity contribution in [2.75, 3.05) is 11.9 Å². The number of anilines is 1. The van der Waals surface area contributed by atoms with Crippen LogP contribution in [0.15, 0.2) is 47.4 Å². The minimum absolute atomic E-state index is 0.0481. The summed E-state index contributed by atoms with van der Waals surface area (Å²) in [4.78, 5) is 17.4. The predicted molar refractivity (Wildman–Crippen MR) is 117 cm³/mol. The van der Waals surface area contributed by atoms with Gasteiger partial charge in [-0.3, -0.25) is 10.1 Å². The lowest BCUT2D eigenvalue weighted by molar-refractivity contribution is 0.102. The Morgan fingerprint density at radius 3 is 2.77 bits per heavy atom. The maximum absolute atomic E-state index is 13.1. The predicted octanol–water partition coefficient (Wildman–Crippen LogP) is 4.04. The van der Waals surface area contributed by atoms with E-state index in [4.69, 9.17) is 11.6 Å². The highest BCUT2D eigenvalue weighted by Crippen LogP contribution is 2.26. The van der Waals surface area contributed by atoms with E-state index in [-0.39, 0.29) is 16.5 Å². The van der Waals surface area contributed by atoms with Gasteiger partial charge in [0.25, 0.3) is 5.91 Å². The fraction of sp³-hybridized carbons (Fsp3) is 0.333. The van der Waals surface area contributed by atoms with Crippen LogP contribution in [-0.4, -0.2) is 40.8 Å². The van der Waals surface area contributed by atoms with Crippen molar-refractivity contribution in [3.05, 3.63) is 53.1 Å². The van der Waals surface area contributed by atoms with Crippen LogP contribution >= 0.6 is 11.6 Å². The first-order valence-corrected chi connectivity index (χ1v) is 11.6. The van der Waals surface area contributed by atoms with Gasteiger partial charge in [0.05, 0.1) is 15.9 Å². The van der Waals surface area contributed by atoms with Crippen molar-refractivity contribution < 1.29 is 13.2 Å². The van der Waals surface area contributed by atoms with Crippen LogP contribution in [0.1, 0.15) is 36.5 Å². The summed E-state index contributed by atoms with van der Waals surface area (Å²) in [6.45, 7) is 2.42. The number of benzene rings is 2. The number of aromatic nitrogens is 2. The molecule has 1 atom stereocenters. The fourth-order valence-corrected chi connectivity index (χ4v) is 5.73. The minimum atomic E-state index is -3.66. The van der Waals surface area contributed by atoms with Gasteiger partial charge in [0.2, 0.25) is 16.0 Å². The minimum Gasteiger partial charge on any atom is -0.313 e. The van der Waals surface area contributed by atoms with E-state index in [1.54, 1.807) is 35.9 Å². The van der Waals surface area contributed by atoms with Crippen LogP contribution in [0.3, 0.4) is 0 Å². The SMILES string of the molecule is CC1CCCCN1S(=O)(=O)c1cccc(C(=O)Nc2nc3cc(Cl)ccc3n2C)c1. The standard InChI is InChI=1S/C21H23ClN4O3S/c1-14-6-3-4-11-26(14)30(28,29)17-8-5-7-15(12-17)20(27)24-21-23-18-13-16(22)9-10-19(18)25(21)2/h5,7-10,12-14H,3-4,6,11H2,1-2H3,(H,23,24,27). The molecule has 2 heterocycles. The molecule has 1 saturated heterocycles. The topological polar surface area (TPSA) is 84.3 Å². The van der Waals surface area contributed by atoms with E-state index >= 15 is 0 Å². The molecule has 158 valence electrons. The van der Waals surface area contributed by atoms with Gasteiger partial charge in [0, 0.05) is 30.2 Å². The summed E-state index contributed by atoms with van der Waals surface area (Å²) in [6, 6.07) is 11.4. The fourth-order valence-electron chi connectivity index (χ4n) is 3.82. The van der Waals surface area contributed by atoms with Crippen LogP contribution in [0.2, 0.25) is 5.02 Å². The molecule has 3 aromatic rings. The number of nitrogens with one attached hydrogen (secondary N) is 1. The molecule has 1 aliphatic rings. The summed E-state index contributed by atoms with van der Waals surface area (Å²) in [6.07, 6.45) is 2.72. The number of sulfonamides is 1. The maximum Gasteiger partial charge on any atom is 0.258 e. The molecule has 1 aromatic heterocycles. The van der Waals surface area contributed by atoms with Crippen molar-refractivity contribution in [2.24, 2.45) is 7.05 Å². The average molecular weight is 447 g/mol. The van der Waals surface area contributed by atoms with Gasteiger partial charge in [-0.2, -0.15) is 4.31 Å². The van der Waals surface area contributed by atoms with Gasteiger partial charge in [-0.15, -0.1) is 0 Å². The third kappa shape index (κ3) is 3.82. The molecular formula is C21H23ClN4O3S. The van der Waals surface area contributed by atoms with Gasteiger partial charge in [-0.05, 0) is 56.2 Å². The van der Waals surface area contributed by atoms with Crippen molar-refractivity contribution in [1.29, 1.82) is 0 Å². The molecule has 1 amide bonds. The second-order valence-electron chi connectivity index (χ2n) is 7.57. The number of hydrogen-bond donors (Lipinski definition) is 1. The van der Waals surface area contributed by atoms with E-state index in [0.717, 1.165) is 24.8 Å². The Balaban J connectivity index is 1.61. The van der Waals surface area contributed by atoms with Crippen LogP contribution in [0.5, 0.6) is 0 Å². The summed E-state index contributed by atoms with van der Waals surface area (Å²) >= 11 is 6.02. The second kappa shape index (κ2) is 8.02. The number of amides is 1. The van der Waals surface area contributed by atoms with Crippen molar-refractivity contribution >= 4 is 44.5 Å². The molecule has 30 heavy (non-hydrogen) atoms. The molecule has 0 bridgehead atoms. The molecular weight excluding hydrogens is 424 g/mol. The lowest BCUT2D eigenvalue weighted by atomic mass is 10.1. The molecule has 0 saturated carbocycles. The van der Waals surface area contributed by atoms with E-state index in [1.165, 1.54) is 16.4 Å². The first-order valence-electron chi connectivity index (χ1n) is 9.82. The number of rotatable bonds is 4. The number of carbonyl (C=O) groups is 1. The Kier molecular flexibility index (Phi) is 5.57. The first kappa shape index (κ1) is 20.8. The molecule has 4 rings (SSSR count). The van der Waals surface area contributed by atoms with Gasteiger partial charge in [-0.1, -0.05) is 24.1 Å². The monoisotopic (exact) mass is 446 g/mol. The van der Waals surface area contributed by atoms with Crippen molar-refractivity contribution in [2.45, 2.75) is 37.1 Å². The van der Waals surface area contributed by atoms with Gasteiger partial charge < -0.3 is 4.57 Å². The summed E-state index contributed by atoms with van der Waals surface area (Å²) < 4.78 is 29.5. The van der Waals surface area contributed by atoms with E-state index < -0.39 is 15.9 Å². The number of aryl methyl sites for hydroxylation is 1. The van der Waals surface area contributed by atoms with Gasteiger partial charge >= 0.3 is 0 Å². The molecule has 0 aliphatic carbocycles. The van der Waals surface area contributed by atoms with Crippen LogP contribution < -0.4 is 5.32 Å². The highest BCUT2D eigenvalue weighted by atomic mass is 35.5. The lowest BCUT2D eigenvalue weighted by Gasteiger charge is -2.32. The normalized spacial score (nSPS) is 17.9. The zero-order valence-corrected chi connectivity index (χ0v) is 18.4. The molecule has 0 radical (unpaired) electrons. The number of halogens is 1. The second-order valence-corrected chi connectivity index (χ2v) is 9.90. The summed E-state index contributed by atoms with van der Waals surface area (Å²) in [5, 5.41) is 3.32. The van der Waals surface area contributed by atoms with Crippen molar-refractivity contribution in [1.82, 2.24) is 13.9 Å². The number of carbonyl (C=O) groups excluding carboxylic acids is 1. The molecule has 0 spiro atoms. The Morgan fingerprint density at radius 2 is 2.00 bits per heavy atom. The van der Waals surface area contributed by atoms with Gasteiger partial charge in [0.15, 0.2) is 0 Å². The van der Waals surface area contributed by atoms with E-state index in [1.807, 2.05) is 13.0 Å². The van der Waals surface area contributed by atoms with Crippen LogP contribution in [0.4, 0.5) is 5.95 Å². The van der Waals surface area contributed by atoms with Crippen LogP contribution in [0, 0.1) is 0 Å². The largest absolute Gasteiger partial charge is 0.313 e. The smallest absolute Gasteiger partial charge is 0.258 e. The van der Waals surface area contributed by atoms with Crippen LogP contribution in [0.25, 0.3) is 11.0 Å². The number of imidazole rings is 1. The molecule has 1 fully saturated rings. The summed E-state index contributed by atoms with van der Waals surface area (Å²) in [5.41, 5.74) is 1.74. The zero-order valence-electron chi connectivity index (χ0n) is 16.8. The summed E-state index contributed by atoms with van der Waals surface area (Å²) in [7, 11) is -1.87. The highest BCUT2D eigenvalue weighted by molar-refractivity contribution is 7.89. The number of nitrogens with zero attached hydrogens (tertiary/aromatic N) is 3. The maximum atomic E-state index is 13.1. The summed E-state index contributed by atoms with van der Waals surface area (Å²) in [5.74, 6) is -0.0709. The van der Waals surface area contributed by atoms with Crippen molar-refractivity contribution in [3.8, 4) is 0 Å². The molecule has 2 aromatic carbocycles. The Hall–Kier alpha value is -2.42. The highest BCUT2D eigenvalue weighted by Gasteiger charge is 2.31.